The summed E-state index contributed by atoms with van der Waals surface area (Å²) < 4.78 is 38.4. The quantitative estimate of drug-likeness (QED) is 0.618. The van der Waals surface area contributed by atoms with Gasteiger partial charge in [0.1, 0.15) is 0 Å². The first-order chi connectivity index (χ1) is 11.5. The zero-order chi connectivity index (χ0) is 17.2. The van der Waals surface area contributed by atoms with Crippen molar-refractivity contribution in [3.8, 4) is 0 Å². The fraction of sp³-hybridized carbons (Fsp3) is 0.150. The maximum Gasteiger partial charge on any atom is 0.450 e. The van der Waals surface area contributed by atoms with E-state index in [0.717, 1.165) is 16.3 Å². The van der Waals surface area contributed by atoms with Gasteiger partial charge in [-0.25, -0.2) is 0 Å². The lowest BCUT2D eigenvalue weighted by molar-refractivity contribution is -0.171. The summed E-state index contributed by atoms with van der Waals surface area (Å²) in [5.74, 6) is -2.34. The molecule has 0 N–H and O–H groups in total. The Morgan fingerprint density at radius 3 is 2.17 bits per heavy atom. The Labute approximate surface area is 137 Å². The van der Waals surface area contributed by atoms with Crippen LogP contribution in [0.25, 0.3) is 10.8 Å². The highest BCUT2D eigenvalue weighted by atomic mass is 19.4. The zero-order valence-corrected chi connectivity index (χ0v) is 12.8. The molecule has 0 saturated carbocycles. The molecule has 0 aromatic heterocycles. The lowest BCUT2D eigenvalue weighted by atomic mass is 9.84. The molecule has 0 aliphatic carbocycles. The standard InChI is InChI=1S/C20H15F3O/c21-20(22,23)19(24)13-18(15-7-2-1-3-8-15)17-12-6-10-14-9-4-5-11-16(14)17/h1-12,18H,13H2/t18-/m1/s1. The third kappa shape index (κ3) is 3.32. The van der Waals surface area contributed by atoms with Crippen molar-refractivity contribution in [2.75, 3.05) is 0 Å². The molecule has 1 nitrogen and oxygen atoms in total. The number of carbonyl (C=O) groups excluding carboxylic acids is 1. The van der Waals surface area contributed by atoms with Crippen LogP contribution in [0.4, 0.5) is 13.2 Å². The summed E-state index contributed by atoms with van der Waals surface area (Å²) in [6.45, 7) is 0. The molecule has 3 rings (SSSR count). The Hall–Kier alpha value is -2.62. The van der Waals surface area contributed by atoms with Crippen LogP contribution in [-0.4, -0.2) is 12.0 Å². The fourth-order valence-electron chi connectivity index (χ4n) is 2.95. The van der Waals surface area contributed by atoms with Crippen LogP contribution >= 0.6 is 0 Å². The molecule has 0 amide bonds. The number of ketones is 1. The first-order valence-corrected chi connectivity index (χ1v) is 7.59. The van der Waals surface area contributed by atoms with E-state index < -0.39 is 24.3 Å². The van der Waals surface area contributed by atoms with Crippen LogP contribution in [0.1, 0.15) is 23.5 Å². The smallest absolute Gasteiger partial charge is 0.290 e. The minimum atomic E-state index is -4.82. The van der Waals surface area contributed by atoms with Gasteiger partial charge < -0.3 is 0 Å². The minimum Gasteiger partial charge on any atom is -0.290 e. The number of rotatable bonds is 4. The molecule has 3 aromatic rings. The number of benzene rings is 3. The molecular formula is C20H15F3O. The van der Waals surface area contributed by atoms with E-state index >= 15 is 0 Å². The summed E-state index contributed by atoms with van der Waals surface area (Å²) in [6, 6.07) is 21.9. The molecule has 0 spiro atoms. The summed E-state index contributed by atoms with van der Waals surface area (Å²) in [5.41, 5.74) is 1.43. The monoisotopic (exact) mass is 328 g/mol. The van der Waals surface area contributed by atoms with E-state index in [0.29, 0.717) is 5.56 Å². The van der Waals surface area contributed by atoms with Crippen molar-refractivity contribution in [3.63, 3.8) is 0 Å². The summed E-state index contributed by atoms with van der Waals surface area (Å²) in [4.78, 5) is 11.6. The van der Waals surface area contributed by atoms with Gasteiger partial charge in [0.15, 0.2) is 0 Å². The second-order valence-corrected chi connectivity index (χ2v) is 5.66. The van der Waals surface area contributed by atoms with Gasteiger partial charge in [-0.1, -0.05) is 72.8 Å². The largest absolute Gasteiger partial charge is 0.450 e. The number of carbonyl (C=O) groups is 1. The van der Waals surface area contributed by atoms with E-state index in [9.17, 15) is 18.0 Å². The Morgan fingerprint density at radius 2 is 1.46 bits per heavy atom. The fourth-order valence-corrected chi connectivity index (χ4v) is 2.95. The molecule has 0 aliphatic rings. The molecule has 3 aromatic carbocycles. The first-order valence-electron chi connectivity index (χ1n) is 7.59. The van der Waals surface area contributed by atoms with Crippen LogP contribution in [0.5, 0.6) is 0 Å². The number of halogens is 3. The third-order valence-electron chi connectivity index (χ3n) is 4.11. The van der Waals surface area contributed by atoms with E-state index in [1.54, 1.807) is 36.4 Å². The van der Waals surface area contributed by atoms with Gasteiger partial charge in [0.2, 0.25) is 5.78 Å². The van der Waals surface area contributed by atoms with Gasteiger partial charge in [-0.15, -0.1) is 0 Å². The van der Waals surface area contributed by atoms with E-state index in [1.165, 1.54) is 0 Å². The second-order valence-electron chi connectivity index (χ2n) is 5.66. The van der Waals surface area contributed by atoms with Crippen LogP contribution in [0.15, 0.2) is 72.8 Å². The summed E-state index contributed by atoms with van der Waals surface area (Å²) in [7, 11) is 0. The molecule has 0 unspecified atom stereocenters. The highest BCUT2D eigenvalue weighted by Crippen LogP contribution is 2.35. The molecule has 4 heteroatoms. The lowest BCUT2D eigenvalue weighted by Crippen LogP contribution is -2.25. The molecule has 0 bridgehead atoms. The van der Waals surface area contributed by atoms with Gasteiger partial charge >= 0.3 is 6.18 Å². The first kappa shape index (κ1) is 16.2. The van der Waals surface area contributed by atoms with Gasteiger partial charge in [0.25, 0.3) is 0 Å². The predicted molar refractivity (Wildman–Crippen MR) is 87.9 cm³/mol. The summed E-state index contributed by atoms with van der Waals surface area (Å²) in [6.07, 6.45) is -5.42. The minimum absolute atomic E-state index is 0.596. The van der Waals surface area contributed by atoms with Crippen molar-refractivity contribution < 1.29 is 18.0 Å². The Balaban J connectivity index is 2.12. The molecule has 0 aliphatic heterocycles. The zero-order valence-electron chi connectivity index (χ0n) is 12.8. The number of alkyl halides is 3. The van der Waals surface area contributed by atoms with Crippen molar-refractivity contribution in [1.82, 2.24) is 0 Å². The van der Waals surface area contributed by atoms with E-state index in [2.05, 4.69) is 0 Å². The average molecular weight is 328 g/mol. The van der Waals surface area contributed by atoms with Crippen LogP contribution in [0.2, 0.25) is 0 Å². The summed E-state index contributed by atoms with van der Waals surface area (Å²) in [5, 5.41) is 1.80. The third-order valence-corrected chi connectivity index (χ3v) is 4.11. The Kier molecular flexibility index (Phi) is 4.38. The normalized spacial score (nSPS) is 13.0. The maximum absolute atomic E-state index is 12.8. The molecule has 122 valence electrons. The SMILES string of the molecule is O=C(C[C@H](c1ccccc1)c1cccc2ccccc12)C(F)(F)F. The Morgan fingerprint density at radius 1 is 0.833 bits per heavy atom. The van der Waals surface area contributed by atoms with Gasteiger partial charge in [0, 0.05) is 12.3 Å². The molecule has 1 atom stereocenters. The molecular weight excluding hydrogens is 313 g/mol. The topological polar surface area (TPSA) is 17.1 Å². The predicted octanol–water partition coefficient (Wildman–Crippen LogP) is 5.49. The number of hydrogen-bond donors (Lipinski definition) is 0. The molecule has 0 saturated heterocycles. The highest BCUT2D eigenvalue weighted by Gasteiger charge is 2.39. The molecule has 0 fully saturated rings. The number of Topliss-reactive ketones (excluding diaryl/α,β-unsaturated/α-hetero) is 1. The maximum atomic E-state index is 12.8. The molecule has 24 heavy (non-hydrogen) atoms. The summed E-state index contributed by atoms with van der Waals surface area (Å²) >= 11 is 0. The number of hydrogen-bond acceptors (Lipinski definition) is 1. The van der Waals surface area contributed by atoms with Gasteiger partial charge in [-0.05, 0) is 21.9 Å². The van der Waals surface area contributed by atoms with Crippen LogP contribution in [0, 0.1) is 0 Å². The van der Waals surface area contributed by atoms with Gasteiger partial charge in [-0.2, -0.15) is 13.2 Å². The lowest BCUT2D eigenvalue weighted by Gasteiger charge is -2.20. The van der Waals surface area contributed by atoms with Gasteiger partial charge in [-0.3, -0.25) is 4.79 Å². The number of fused-ring (bicyclic) bond motifs is 1. The molecule has 0 heterocycles. The van der Waals surface area contributed by atoms with Crippen LogP contribution in [0.3, 0.4) is 0 Å². The van der Waals surface area contributed by atoms with Crippen molar-refractivity contribution in [2.45, 2.75) is 18.5 Å². The highest BCUT2D eigenvalue weighted by molar-refractivity contribution is 5.89. The van der Waals surface area contributed by atoms with Gasteiger partial charge in [0.05, 0.1) is 0 Å². The van der Waals surface area contributed by atoms with E-state index in [4.69, 9.17) is 0 Å². The van der Waals surface area contributed by atoms with E-state index in [1.807, 2.05) is 36.4 Å². The Bertz CT molecular complexity index is 848. The van der Waals surface area contributed by atoms with Crippen molar-refractivity contribution in [1.29, 1.82) is 0 Å². The average Bonchev–Trinajstić information content (AvgIpc) is 2.59. The van der Waals surface area contributed by atoms with E-state index in [-0.39, 0.29) is 0 Å². The van der Waals surface area contributed by atoms with Crippen molar-refractivity contribution >= 4 is 16.6 Å². The molecule has 0 radical (unpaired) electrons. The van der Waals surface area contributed by atoms with Crippen molar-refractivity contribution in [2.24, 2.45) is 0 Å². The van der Waals surface area contributed by atoms with Crippen LogP contribution in [-0.2, 0) is 4.79 Å². The van der Waals surface area contributed by atoms with Crippen LogP contribution < -0.4 is 0 Å². The second kappa shape index (κ2) is 6.48. The van der Waals surface area contributed by atoms with Crippen molar-refractivity contribution in [3.05, 3.63) is 83.9 Å².